The molecule has 0 aliphatic heterocycles. The van der Waals surface area contributed by atoms with E-state index in [1.54, 1.807) is 24.3 Å². The van der Waals surface area contributed by atoms with Crippen molar-refractivity contribution in [1.82, 2.24) is 0 Å². The van der Waals surface area contributed by atoms with Gasteiger partial charge in [0.05, 0.1) is 52.8 Å². The van der Waals surface area contributed by atoms with E-state index in [2.05, 4.69) is 27.7 Å². The summed E-state index contributed by atoms with van der Waals surface area (Å²) in [5.41, 5.74) is -0.934. The van der Waals surface area contributed by atoms with Gasteiger partial charge in [-0.05, 0) is 72.2 Å². The first-order valence-corrected chi connectivity index (χ1v) is 18.1. The lowest BCUT2D eigenvalue weighted by molar-refractivity contribution is 0.215. The van der Waals surface area contributed by atoms with Crippen molar-refractivity contribution in [2.75, 3.05) is 41.7 Å². The lowest BCUT2D eigenvalue weighted by Crippen LogP contribution is -2.12. The Morgan fingerprint density at radius 2 is 0.808 bits per heavy atom. The lowest BCUT2D eigenvalue weighted by Gasteiger charge is -2.19. The molecule has 0 spiro atoms. The van der Waals surface area contributed by atoms with Crippen LogP contribution in [0, 0.1) is 35.1 Å². The quantitative estimate of drug-likeness (QED) is 0.0583. The monoisotopic (exact) mass is 730 g/mol. The number of methoxy groups -OCH3 is 4. The molecule has 3 aromatic rings. The van der Waals surface area contributed by atoms with E-state index < -0.39 is 34.4 Å². The van der Waals surface area contributed by atoms with Crippen LogP contribution in [0.3, 0.4) is 0 Å². The maximum absolute atomic E-state index is 15.3. The zero-order chi connectivity index (χ0) is 38.2. The fraction of sp³-hybridized carbons (Fsp3) is 0.476. The number of hydrogen-bond donors (Lipinski definition) is 0. The van der Waals surface area contributed by atoms with Crippen molar-refractivity contribution < 1.29 is 46.0 Å². The fourth-order valence-corrected chi connectivity index (χ4v) is 5.79. The van der Waals surface area contributed by atoms with Gasteiger partial charge in [0, 0.05) is 0 Å². The van der Waals surface area contributed by atoms with Crippen LogP contribution in [0.5, 0.6) is 34.5 Å². The standard InChI is InChI=1S/C42H54F4O6/c1-9-13-15-27(11-3)25-51-41-33(47-5)21-29(22-34(41)48-6)17-19-31-37(43)39(45)32(40(46)38(31)44)20-18-30-23-35(49-7)42(36(24-30)50-8)52-26-28(12-4)16-14-10-2/h17-24,27-28H,9-16,25-26H2,1-8H3. The van der Waals surface area contributed by atoms with Gasteiger partial charge in [0.15, 0.2) is 46.3 Å². The van der Waals surface area contributed by atoms with Crippen LogP contribution in [0.15, 0.2) is 24.3 Å². The highest BCUT2D eigenvalue weighted by molar-refractivity contribution is 5.76. The van der Waals surface area contributed by atoms with Crippen LogP contribution < -0.4 is 28.4 Å². The van der Waals surface area contributed by atoms with E-state index in [9.17, 15) is 0 Å². The number of hydrogen-bond acceptors (Lipinski definition) is 6. The molecule has 0 bridgehead atoms. The van der Waals surface area contributed by atoms with E-state index in [4.69, 9.17) is 28.4 Å². The first-order chi connectivity index (χ1) is 25.1. The van der Waals surface area contributed by atoms with Gasteiger partial charge in [0.25, 0.3) is 0 Å². The average Bonchev–Trinajstić information content (AvgIpc) is 3.16. The molecule has 0 fully saturated rings. The topological polar surface area (TPSA) is 55.4 Å². The highest BCUT2D eigenvalue weighted by Crippen LogP contribution is 2.41. The number of ether oxygens (including phenoxy) is 6. The van der Waals surface area contributed by atoms with Gasteiger partial charge < -0.3 is 28.4 Å². The minimum atomic E-state index is -1.54. The number of unbranched alkanes of at least 4 members (excludes halogenated alkanes) is 2. The molecule has 0 saturated heterocycles. The first-order valence-electron chi connectivity index (χ1n) is 18.1. The van der Waals surface area contributed by atoms with Gasteiger partial charge in [-0.2, -0.15) is 0 Å². The third kappa shape index (κ3) is 10.8. The van der Waals surface area contributed by atoms with Crippen molar-refractivity contribution in [2.45, 2.75) is 79.1 Å². The molecule has 286 valence electrons. The summed E-state index contributed by atoms with van der Waals surface area (Å²) in [6, 6.07) is 6.37. The fourth-order valence-electron chi connectivity index (χ4n) is 5.79. The van der Waals surface area contributed by atoms with Crippen LogP contribution in [0.4, 0.5) is 17.6 Å². The van der Waals surface area contributed by atoms with Crippen molar-refractivity contribution >= 4 is 24.3 Å². The van der Waals surface area contributed by atoms with Crippen molar-refractivity contribution in [3.05, 3.63) is 69.8 Å². The van der Waals surface area contributed by atoms with E-state index >= 15 is 17.6 Å². The van der Waals surface area contributed by atoms with Gasteiger partial charge >= 0.3 is 0 Å². The van der Waals surface area contributed by atoms with Gasteiger partial charge in [0.1, 0.15) is 0 Å². The van der Waals surface area contributed by atoms with Crippen LogP contribution in [0.1, 0.15) is 101 Å². The van der Waals surface area contributed by atoms with Crippen LogP contribution in [0.2, 0.25) is 0 Å². The van der Waals surface area contributed by atoms with Gasteiger partial charge in [0.2, 0.25) is 11.5 Å². The normalized spacial score (nSPS) is 12.7. The van der Waals surface area contributed by atoms with Crippen LogP contribution in [-0.4, -0.2) is 41.7 Å². The Kier molecular flexibility index (Phi) is 17.2. The molecule has 52 heavy (non-hydrogen) atoms. The third-order valence-electron chi connectivity index (χ3n) is 9.20. The minimum absolute atomic E-state index is 0.341. The molecule has 0 saturated carbocycles. The maximum Gasteiger partial charge on any atom is 0.203 e. The summed E-state index contributed by atoms with van der Waals surface area (Å²) in [5.74, 6) is -3.31. The van der Waals surface area contributed by atoms with Crippen LogP contribution >= 0.6 is 0 Å². The molecule has 0 aliphatic carbocycles. The molecule has 0 aromatic heterocycles. The second-order valence-electron chi connectivity index (χ2n) is 12.7. The molecular formula is C42H54F4O6. The zero-order valence-corrected chi connectivity index (χ0v) is 31.8. The highest BCUT2D eigenvalue weighted by atomic mass is 19.2. The summed E-state index contributed by atoms with van der Waals surface area (Å²) >= 11 is 0. The van der Waals surface area contributed by atoms with E-state index in [-0.39, 0.29) is 0 Å². The highest BCUT2D eigenvalue weighted by Gasteiger charge is 2.24. The Morgan fingerprint density at radius 1 is 0.500 bits per heavy atom. The zero-order valence-electron chi connectivity index (χ0n) is 31.8. The summed E-state index contributed by atoms with van der Waals surface area (Å²) in [7, 11) is 5.85. The van der Waals surface area contributed by atoms with E-state index in [0.29, 0.717) is 70.7 Å². The molecule has 6 nitrogen and oxygen atoms in total. The average molecular weight is 731 g/mol. The third-order valence-corrected chi connectivity index (χ3v) is 9.20. The van der Waals surface area contributed by atoms with Crippen molar-refractivity contribution in [3.8, 4) is 34.5 Å². The van der Waals surface area contributed by atoms with Gasteiger partial charge in [-0.25, -0.2) is 17.6 Å². The summed E-state index contributed by atoms with van der Waals surface area (Å²) < 4.78 is 95.7. The Hall–Kier alpha value is -4.34. The summed E-state index contributed by atoms with van der Waals surface area (Å²) in [6.07, 6.45) is 12.9. The van der Waals surface area contributed by atoms with Crippen LogP contribution in [0.25, 0.3) is 24.3 Å². The molecule has 2 atom stereocenters. The van der Waals surface area contributed by atoms with Crippen molar-refractivity contribution in [3.63, 3.8) is 0 Å². The molecule has 0 aliphatic rings. The second kappa shape index (κ2) is 21.2. The van der Waals surface area contributed by atoms with E-state index in [1.165, 1.54) is 40.6 Å². The molecule has 0 heterocycles. The largest absolute Gasteiger partial charge is 0.493 e. The predicted molar refractivity (Wildman–Crippen MR) is 201 cm³/mol. The van der Waals surface area contributed by atoms with Crippen molar-refractivity contribution in [2.24, 2.45) is 11.8 Å². The SMILES string of the molecule is CCCCC(CC)COc1c(OC)cc(C=Cc2c(F)c(F)c(C=Cc3cc(OC)c(OCC(CC)CCCC)c(OC)c3)c(F)c2F)cc1OC. The summed E-state index contributed by atoms with van der Waals surface area (Å²) in [6.45, 7) is 9.44. The molecule has 0 radical (unpaired) electrons. The van der Waals surface area contributed by atoms with Gasteiger partial charge in [-0.15, -0.1) is 0 Å². The molecule has 0 amide bonds. The number of rotatable bonds is 22. The molecule has 3 aromatic carbocycles. The smallest absolute Gasteiger partial charge is 0.203 e. The minimum Gasteiger partial charge on any atom is -0.493 e. The maximum atomic E-state index is 15.3. The van der Waals surface area contributed by atoms with Gasteiger partial charge in [-0.1, -0.05) is 78.4 Å². The first kappa shape index (κ1) is 42.1. The second-order valence-corrected chi connectivity index (χ2v) is 12.7. The molecule has 2 unspecified atom stereocenters. The van der Waals surface area contributed by atoms with Gasteiger partial charge in [-0.3, -0.25) is 0 Å². The van der Waals surface area contributed by atoms with E-state index in [0.717, 1.165) is 63.5 Å². The molecule has 3 rings (SSSR count). The lowest BCUT2D eigenvalue weighted by atomic mass is 10.0. The summed E-state index contributed by atoms with van der Waals surface area (Å²) in [4.78, 5) is 0. The molecule has 0 N–H and O–H groups in total. The number of halogens is 4. The predicted octanol–water partition coefficient (Wildman–Crippen LogP) is 11.8. The Morgan fingerprint density at radius 3 is 1.06 bits per heavy atom. The van der Waals surface area contributed by atoms with E-state index in [1.807, 2.05) is 0 Å². The molecular weight excluding hydrogens is 676 g/mol. The number of benzene rings is 3. The molecule has 10 heteroatoms. The Labute approximate surface area is 306 Å². The van der Waals surface area contributed by atoms with Crippen LogP contribution in [-0.2, 0) is 0 Å². The summed E-state index contributed by atoms with van der Waals surface area (Å²) in [5, 5.41) is 0. The Balaban J connectivity index is 1.90. The van der Waals surface area contributed by atoms with Crippen molar-refractivity contribution in [1.29, 1.82) is 0 Å². The Bertz CT molecular complexity index is 1450.